The number of hydrogen-bond acceptors (Lipinski definition) is 6. The smallest absolute Gasteiger partial charge is 0.223 e. The molecule has 18 heavy (non-hydrogen) atoms. The fraction of sp³-hybridized carbons (Fsp3) is 0.545. The van der Waals surface area contributed by atoms with Gasteiger partial charge < -0.3 is 15.5 Å². The Morgan fingerprint density at radius 3 is 3.11 bits per heavy atom. The molecule has 3 rings (SSSR count). The second kappa shape index (κ2) is 4.14. The zero-order valence-electron chi connectivity index (χ0n) is 9.80. The standard InChI is InChI=1S/C11H13N5OS/c12-5-8-10(13)14-18-11(8)15-3-4-16-7(6-15)1-2-9(16)17/h7H,1-4,6H2,(H2,13,14). The Kier molecular flexibility index (Phi) is 2.59. The summed E-state index contributed by atoms with van der Waals surface area (Å²) < 4.78 is 4.04. The van der Waals surface area contributed by atoms with Crippen LogP contribution < -0.4 is 10.6 Å². The van der Waals surface area contributed by atoms with E-state index in [4.69, 9.17) is 11.0 Å². The van der Waals surface area contributed by atoms with E-state index in [2.05, 4.69) is 15.3 Å². The lowest BCUT2D eigenvalue weighted by molar-refractivity contribution is -0.129. The Labute approximate surface area is 109 Å². The highest BCUT2D eigenvalue weighted by atomic mass is 32.1. The average molecular weight is 263 g/mol. The van der Waals surface area contributed by atoms with Crippen molar-refractivity contribution >= 4 is 28.3 Å². The molecule has 0 radical (unpaired) electrons. The number of amides is 1. The summed E-state index contributed by atoms with van der Waals surface area (Å²) in [5, 5.41) is 9.94. The van der Waals surface area contributed by atoms with Gasteiger partial charge in [-0.05, 0) is 18.0 Å². The van der Waals surface area contributed by atoms with E-state index in [1.54, 1.807) is 0 Å². The van der Waals surface area contributed by atoms with Crippen LogP contribution in [0, 0.1) is 11.3 Å². The molecule has 3 heterocycles. The summed E-state index contributed by atoms with van der Waals surface area (Å²) in [5.41, 5.74) is 6.14. The summed E-state index contributed by atoms with van der Waals surface area (Å²) in [6, 6.07) is 2.39. The lowest BCUT2D eigenvalue weighted by Gasteiger charge is -2.37. The van der Waals surface area contributed by atoms with E-state index >= 15 is 0 Å². The minimum atomic E-state index is 0.254. The lowest BCUT2D eigenvalue weighted by atomic mass is 10.1. The van der Waals surface area contributed by atoms with E-state index in [0.717, 1.165) is 31.1 Å². The van der Waals surface area contributed by atoms with Gasteiger partial charge >= 0.3 is 0 Å². The molecule has 94 valence electrons. The molecule has 0 aliphatic carbocycles. The highest BCUT2D eigenvalue weighted by molar-refractivity contribution is 7.10. The number of nitriles is 1. The van der Waals surface area contributed by atoms with Crippen LogP contribution in [0.5, 0.6) is 0 Å². The second-order valence-corrected chi connectivity index (χ2v) is 5.34. The number of carbonyl (C=O) groups excluding carboxylic acids is 1. The minimum Gasteiger partial charge on any atom is -0.382 e. The molecule has 1 aromatic heterocycles. The van der Waals surface area contributed by atoms with E-state index in [0.29, 0.717) is 17.8 Å². The third-order valence-electron chi connectivity index (χ3n) is 3.59. The van der Waals surface area contributed by atoms with E-state index in [1.165, 1.54) is 11.5 Å². The highest BCUT2D eigenvalue weighted by Gasteiger charge is 2.36. The van der Waals surface area contributed by atoms with Crippen LogP contribution in [-0.4, -0.2) is 40.9 Å². The third kappa shape index (κ3) is 1.61. The van der Waals surface area contributed by atoms with Gasteiger partial charge in [0.1, 0.15) is 16.6 Å². The predicted molar refractivity (Wildman–Crippen MR) is 68.2 cm³/mol. The number of aromatic nitrogens is 1. The summed E-state index contributed by atoms with van der Waals surface area (Å²) in [6.07, 6.45) is 1.56. The van der Waals surface area contributed by atoms with E-state index < -0.39 is 0 Å². The number of carbonyl (C=O) groups is 1. The summed E-state index contributed by atoms with van der Waals surface area (Å²) in [5.74, 6) is 0.561. The molecule has 2 aliphatic heterocycles. The SMILES string of the molecule is N#Cc1c(N)nsc1N1CCN2C(=O)CCC2C1. The molecule has 2 fully saturated rings. The number of nitrogens with two attached hydrogens (primary N) is 1. The van der Waals surface area contributed by atoms with E-state index in [1.807, 2.05) is 4.90 Å². The largest absolute Gasteiger partial charge is 0.382 e. The molecule has 0 saturated carbocycles. The molecule has 1 amide bonds. The number of nitrogen functional groups attached to an aromatic ring is 1. The quantitative estimate of drug-likeness (QED) is 0.793. The molecule has 6 nitrogen and oxygen atoms in total. The number of hydrogen-bond donors (Lipinski definition) is 1. The maximum atomic E-state index is 11.6. The fourth-order valence-electron chi connectivity index (χ4n) is 2.66. The van der Waals surface area contributed by atoms with E-state index in [-0.39, 0.29) is 11.9 Å². The molecular weight excluding hydrogens is 250 g/mol. The second-order valence-electron chi connectivity index (χ2n) is 4.59. The maximum Gasteiger partial charge on any atom is 0.223 e. The van der Waals surface area contributed by atoms with Crippen LogP contribution in [0.4, 0.5) is 10.8 Å². The van der Waals surface area contributed by atoms with Crippen molar-refractivity contribution in [2.45, 2.75) is 18.9 Å². The van der Waals surface area contributed by atoms with Crippen molar-refractivity contribution < 1.29 is 4.79 Å². The predicted octanol–water partition coefficient (Wildman–Crippen LogP) is 0.408. The van der Waals surface area contributed by atoms with Gasteiger partial charge in [0.25, 0.3) is 0 Å². The van der Waals surface area contributed by atoms with Crippen molar-refractivity contribution in [1.29, 1.82) is 5.26 Å². The van der Waals surface area contributed by atoms with Gasteiger partial charge in [0.15, 0.2) is 5.82 Å². The fourth-order valence-corrected chi connectivity index (χ4v) is 3.46. The van der Waals surface area contributed by atoms with Gasteiger partial charge in [-0.2, -0.15) is 9.64 Å². The van der Waals surface area contributed by atoms with Gasteiger partial charge in [-0.25, -0.2) is 0 Å². The molecule has 0 bridgehead atoms. The first kappa shape index (κ1) is 11.3. The molecule has 1 atom stereocenters. The first-order chi connectivity index (χ1) is 8.70. The first-order valence-corrected chi connectivity index (χ1v) is 6.67. The molecule has 2 aliphatic rings. The monoisotopic (exact) mass is 263 g/mol. The molecule has 0 spiro atoms. The van der Waals surface area contributed by atoms with Gasteiger partial charge in [-0.15, -0.1) is 0 Å². The molecule has 0 aromatic carbocycles. The summed E-state index contributed by atoms with van der Waals surface area (Å²) >= 11 is 1.27. The number of nitrogens with zero attached hydrogens (tertiary/aromatic N) is 4. The molecule has 2 N–H and O–H groups in total. The van der Waals surface area contributed by atoms with Crippen molar-refractivity contribution in [3.8, 4) is 6.07 Å². The third-order valence-corrected chi connectivity index (χ3v) is 4.52. The number of rotatable bonds is 1. The Morgan fingerprint density at radius 1 is 1.50 bits per heavy atom. The van der Waals surface area contributed by atoms with Gasteiger partial charge in [-0.3, -0.25) is 4.79 Å². The number of anilines is 2. The zero-order chi connectivity index (χ0) is 12.7. The van der Waals surface area contributed by atoms with Gasteiger partial charge in [-0.1, -0.05) is 0 Å². The molecule has 7 heteroatoms. The van der Waals surface area contributed by atoms with Crippen LogP contribution in [0.2, 0.25) is 0 Å². The number of fused-ring (bicyclic) bond motifs is 1. The Hall–Kier alpha value is -1.81. The Bertz CT molecular complexity index is 534. The van der Waals surface area contributed by atoms with Crippen molar-refractivity contribution in [2.24, 2.45) is 0 Å². The van der Waals surface area contributed by atoms with Crippen molar-refractivity contribution in [1.82, 2.24) is 9.27 Å². The highest BCUT2D eigenvalue weighted by Crippen LogP contribution is 2.33. The average Bonchev–Trinajstić information content (AvgIpc) is 2.93. The molecule has 1 unspecified atom stereocenters. The Balaban J connectivity index is 1.83. The molecule has 1 aromatic rings. The van der Waals surface area contributed by atoms with Crippen LogP contribution in [0.1, 0.15) is 18.4 Å². The van der Waals surface area contributed by atoms with Gasteiger partial charge in [0.2, 0.25) is 5.91 Å². The van der Waals surface area contributed by atoms with Gasteiger partial charge in [0, 0.05) is 32.1 Å². The minimum absolute atomic E-state index is 0.254. The summed E-state index contributed by atoms with van der Waals surface area (Å²) in [7, 11) is 0. The van der Waals surface area contributed by atoms with Crippen LogP contribution in [0.25, 0.3) is 0 Å². The van der Waals surface area contributed by atoms with Crippen LogP contribution in [0.3, 0.4) is 0 Å². The van der Waals surface area contributed by atoms with Crippen molar-refractivity contribution in [3.63, 3.8) is 0 Å². The Morgan fingerprint density at radius 2 is 2.33 bits per heavy atom. The maximum absolute atomic E-state index is 11.6. The number of piperazine rings is 1. The zero-order valence-corrected chi connectivity index (χ0v) is 10.6. The first-order valence-electron chi connectivity index (χ1n) is 5.90. The van der Waals surface area contributed by atoms with Crippen LogP contribution >= 0.6 is 11.5 Å². The van der Waals surface area contributed by atoms with Crippen molar-refractivity contribution in [3.05, 3.63) is 5.56 Å². The van der Waals surface area contributed by atoms with Crippen LogP contribution in [-0.2, 0) is 4.79 Å². The lowest BCUT2D eigenvalue weighted by Crippen LogP contribution is -2.51. The van der Waals surface area contributed by atoms with E-state index in [9.17, 15) is 4.79 Å². The van der Waals surface area contributed by atoms with Gasteiger partial charge in [0.05, 0.1) is 0 Å². The normalized spacial score (nSPS) is 23.1. The molecule has 2 saturated heterocycles. The summed E-state index contributed by atoms with van der Waals surface area (Å²) in [6.45, 7) is 2.26. The molecular formula is C11H13N5OS. The van der Waals surface area contributed by atoms with Crippen molar-refractivity contribution in [2.75, 3.05) is 30.3 Å². The summed E-state index contributed by atoms with van der Waals surface area (Å²) in [4.78, 5) is 15.7. The topological polar surface area (TPSA) is 86.2 Å². The van der Waals surface area contributed by atoms with Crippen LogP contribution in [0.15, 0.2) is 0 Å².